The number of hydrogen-bond acceptors (Lipinski definition) is 4. The number of oxazole rings is 1. The van der Waals surface area contributed by atoms with Gasteiger partial charge in [-0.25, -0.2) is 4.98 Å². The van der Waals surface area contributed by atoms with Crippen molar-refractivity contribution >= 4 is 29.1 Å². The molecule has 0 saturated heterocycles. The number of allylic oxidation sites excluding steroid dienone is 1. The zero-order valence-electron chi connectivity index (χ0n) is 13.7. The highest BCUT2D eigenvalue weighted by atomic mass is 16.3. The van der Waals surface area contributed by atoms with E-state index in [0.717, 1.165) is 33.7 Å². The van der Waals surface area contributed by atoms with Gasteiger partial charge in [-0.1, -0.05) is 12.1 Å². The number of benzene rings is 2. The molecule has 0 amide bonds. The Hall–Kier alpha value is -3.40. The molecule has 2 heterocycles. The summed E-state index contributed by atoms with van der Waals surface area (Å²) in [5.41, 5.74) is 4.55. The second kappa shape index (κ2) is 6.61. The molecule has 0 radical (unpaired) electrons. The largest absolute Gasteiger partial charge is 0.465 e. The normalized spacial score (nSPS) is 11.9. The fourth-order valence-corrected chi connectivity index (χ4v) is 2.53. The van der Waals surface area contributed by atoms with Gasteiger partial charge < -0.3 is 8.83 Å². The molecule has 0 spiro atoms. The molecule has 4 nitrogen and oxygen atoms in total. The molecule has 0 aliphatic heterocycles. The standard InChI is InChI=1S/C21H16N2O2/c1-15-9-10-20-19(13-15)23-21(25-20)16-5-2-6-17(14-16)22-11-3-7-18-8-4-12-24-18/h2-14H,1H3/b7-3+,22-11?. The van der Waals surface area contributed by atoms with Gasteiger partial charge in [-0.3, -0.25) is 4.99 Å². The number of fused-ring (bicyclic) bond motifs is 1. The lowest BCUT2D eigenvalue weighted by molar-refractivity contribution is 0.557. The van der Waals surface area contributed by atoms with Crippen LogP contribution in [0.5, 0.6) is 0 Å². The fraction of sp³-hybridized carbons (Fsp3) is 0.0476. The molecule has 4 heteroatoms. The van der Waals surface area contributed by atoms with Crippen LogP contribution in [0.25, 0.3) is 28.6 Å². The summed E-state index contributed by atoms with van der Waals surface area (Å²) in [4.78, 5) is 9.01. The third-order valence-electron chi connectivity index (χ3n) is 3.75. The zero-order chi connectivity index (χ0) is 17.1. The van der Waals surface area contributed by atoms with Crippen molar-refractivity contribution in [1.82, 2.24) is 4.98 Å². The molecule has 2 aromatic carbocycles. The maximum atomic E-state index is 5.85. The summed E-state index contributed by atoms with van der Waals surface area (Å²) in [6.45, 7) is 2.04. The van der Waals surface area contributed by atoms with Crippen LogP contribution in [-0.2, 0) is 0 Å². The van der Waals surface area contributed by atoms with E-state index in [1.54, 1.807) is 12.5 Å². The summed E-state index contributed by atoms with van der Waals surface area (Å²) >= 11 is 0. The summed E-state index contributed by atoms with van der Waals surface area (Å²) in [6.07, 6.45) is 7.07. The summed E-state index contributed by atoms with van der Waals surface area (Å²) in [7, 11) is 0. The molecule has 4 rings (SSSR count). The van der Waals surface area contributed by atoms with Gasteiger partial charge in [-0.2, -0.15) is 0 Å². The molecule has 2 aromatic heterocycles. The van der Waals surface area contributed by atoms with Crippen LogP contribution in [0.3, 0.4) is 0 Å². The molecule has 0 bridgehead atoms. The van der Waals surface area contributed by atoms with Gasteiger partial charge in [0.2, 0.25) is 5.89 Å². The Kier molecular flexibility index (Phi) is 4.01. The maximum absolute atomic E-state index is 5.85. The third kappa shape index (κ3) is 3.43. The van der Waals surface area contributed by atoms with Crippen LogP contribution in [0.2, 0.25) is 0 Å². The Labute approximate surface area is 145 Å². The van der Waals surface area contributed by atoms with Crippen LogP contribution in [0.1, 0.15) is 11.3 Å². The number of aryl methyl sites for hydroxylation is 1. The van der Waals surface area contributed by atoms with E-state index in [0.29, 0.717) is 5.89 Å². The van der Waals surface area contributed by atoms with Crippen LogP contribution >= 0.6 is 0 Å². The lowest BCUT2D eigenvalue weighted by Crippen LogP contribution is -1.77. The first-order valence-electron chi connectivity index (χ1n) is 8.00. The fourth-order valence-electron chi connectivity index (χ4n) is 2.53. The zero-order valence-corrected chi connectivity index (χ0v) is 13.7. The van der Waals surface area contributed by atoms with Crippen LogP contribution in [-0.4, -0.2) is 11.2 Å². The molecule has 122 valence electrons. The van der Waals surface area contributed by atoms with E-state index in [2.05, 4.69) is 9.98 Å². The Morgan fingerprint density at radius 3 is 2.88 bits per heavy atom. The number of rotatable bonds is 4. The van der Waals surface area contributed by atoms with Gasteiger partial charge in [0.05, 0.1) is 12.0 Å². The smallest absolute Gasteiger partial charge is 0.227 e. The van der Waals surface area contributed by atoms with Gasteiger partial charge in [-0.05, 0) is 67.1 Å². The van der Waals surface area contributed by atoms with E-state index in [1.165, 1.54) is 0 Å². The molecule has 0 saturated carbocycles. The minimum Gasteiger partial charge on any atom is -0.465 e. The first kappa shape index (κ1) is 15.1. The highest BCUT2D eigenvalue weighted by molar-refractivity contribution is 5.81. The second-order valence-corrected chi connectivity index (χ2v) is 5.69. The van der Waals surface area contributed by atoms with Crippen molar-refractivity contribution in [2.45, 2.75) is 6.92 Å². The van der Waals surface area contributed by atoms with E-state index in [-0.39, 0.29) is 0 Å². The Morgan fingerprint density at radius 1 is 1.04 bits per heavy atom. The van der Waals surface area contributed by atoms with Crippen molar-refractivity contribution in [3.8, 4) is 11.5 Å². The monoisotopic (exact) mass is 328 g/mol. The van der Waals surface area contributed by atoms with E-state index >= 15 is 0 Å². The van der Waals surface area contributed by atoms with Gasteiger partial charge in [0.1, 0.15) is 11.3 Å². The molecule has 4 aromatic rings. The summed E-state index contributed by atoms with van der Waals surface area (Å²) in [5, 5.41) is 0. The molecule has 0 atom stereocenters. The number of hydrogen-bond donors (Lipinski definition) is 0. The highest BCUT2D eigenvalue weighted by Gasteiger charge is 2.08. The molecule has 0 unspecified atom stereocenters. The van der Waals surface area contributed by atoms with Crippen molar-refractivity contribution in [2.75, 3.05) is 0 Å². The summed E-state index contributed by atoms with van der Waals surface area (Å²) in [5.74, 6) is 1.39. The minimum atomic E-state index is 0.601. The number of nitrogens with zero attached hydrogens (tertiary/aromatic N) is 2. The van der Waals surface area contributed by atoms with E-state index < -0.39 is 0 Å². The first-order chi connectivity index (χ1) is 12.3. The SMILES string of the molecule is Cc1ccc2oc(-c3cccc(N=C/C=C/c4ccco4)c3)nc2c1. The van der Waals surface area contributed by atoms with Crippen LogP contribution < -0.4 is 0 Å². The summed E-state index contributed by atoms with van der Waals surface area (Å²) in [6, 6.07) is 17.5. The molecular formula is C21H16N2O2. The molecule has 25 heavy (non-hydrogen) atoms. The van der Waals surface area contributed by atoms with E-state index in [1.807, 2.05) is 73.7 Å². The van der Waals surface area contributed by atoms with Crippen molar-refractivity contribution in [2.24, 2.45) is 4.99 Å². The van der Waals surface area contributed by atoms with Gasteiger partial charge in [0.25, 0.3) is 0 Å². The number of aromatic nitrogens is 1. The second-order valence-electron chi connectivity index (χ2n) is 5.69. The Balaban J connectivity index is 1.57. The lowest BCUT2D eigenvalue weighted by Gasteiger charge is -1.97. The van der Waals surface area contributed by atoms with Gasteiger partial charge in [-0.15, -0.1) is 0 Å². The highest BCUT2D eigenvalue weighted by Crippen LogP contribution is 2.27. The van der Waals surface area contributed by atoms with Crippen LogP contribution in [0.15, 0.2) is 80.8 Å². The Bertz CT molecular complexity index is 1060. The van der Waals surface area contributed by atoms with Gasteiger partial charge >= 0.3 is 0 Å². The van der Waals surface area contributed by atoms with Crippen molar-refractivity contribution in [3.05, 3.63) is 78.3 Å². The molecule has 0 aliphatic carbocycles. The molecule has 0 fully saturated rings. The third-order valence-corrected chi connectivity index (χ3v) is 3.75. The number of furan rings is 1. The average Bonchev–Trinajstić information content (AvgIpc) is 3.28. The topological polar surface area (TPSA) is 51.5 Å². The van der Waals surface area contributed by atoms with Crippen molar-refractivity contribution in [1.29, 1.82) is 0 Å². The summed E-state index contributed by atoms with van der Waals surface area (Å²) < 4.78 is 11.1. The average molecular weight is 328 g/mol. The number of aliphatic imine (C=N–C) groups is 1. The quantitative estimate of drug-likeness (QED) is 0.444. The van der Waals surface area contributed by atoms with E-state index in [9.17, 15) is 0 Å². The molecule has 0 aliphatic rings. The van der Waals surface area contributed by atoms with E-state index in [4.69, 9.17) is 8.83 Å². The van der Waals surface area contributed by atoms with Crippen LogP contribution in [0.4, 0.5) is 5.69 Å². The van der Waals surface area contributed by atoms with Crippen molar-refractivity contribution in [3.63, 3.8) is 0 Å². The first-order valence-corrected chi connectivity index (χ1v) is 8.00. The maximum Gasteiger partial charge on any atom is 0.227 e. The minimum absolute atomic E-state index is 0.601. The molecular weight excluding hydrogens is 312 g/mol. The van der Waals surface area contributed by atoms with Crippen LogP contribution in [0, 0.1) is 6.92 Å². The predicted molar refractivity (Wildman–Crippen MR) is 100 cm³/mol. The van der Waals surface area contributed by atoms with Gasteiger partial charge in [0, 0.05) is 11.8 Å². The predicted octanol–water partition coefficient (Wildman–Crippen LogP) is 5.81. The van der Waals surface area contributed by atoms with Crippen molar-refractivity contribution < 1.29 is 8.83 Å². The Morgan fingerprint density at radius 2 is 2.00 bits per heavy atom. The molecule has 0 N–H and O–H groups in total. The van der Waals surface area contributed by atoms with Gasteiger partial charge in [0.15, 0.2) is 5.58 Å². The lowest BCUT2D eigenvalue weighted by atomic mass is 10.2.